The number of oxime groups is 1. The molecular formula is C13H9F3N2O2S. The summed E-state index contributed by atoms with van der Waals surface area (Å²) in [5.41, 5.74) is -0.775. The lowest BCUT2D eigenvalue weighted by atomic mass is 10.1. The third-order valence-electron chi connectivity index (χ3n) is 2.43. The summed E-state index contributed by atoms with van der Waals surface area (Å²) in [6.45, 7) is 1.58. The van der Waals surface area contributed by atoms with Gasteiger partial charge in [-0.05, 0) is 25.1 Å². The third kappa shape index (κ3) is 3.88. The Balaban J connectivity index is 2.12. The van der Waals surface area contributed by atoms with E-state index in [2.05, 4.69) is 15.0 Å². The van der Waals surface area contributed by atoms with Crippen molar-refractivity contribution in [1.82, 2.24) is 4.98 Å². The molecule has 21 heavy (non-hydrogen) atoms. The Hall–Kier alpha value is -2.22. The largest absolute Gasteiger partial charge is 0.416 e. The molecule has 0 saturated carbocycles. The van der Waals surface area contributed by atoms with Gasteiger partial charge in [0.1, 0.15) is 10.7 Å². The second-order valence-corrected chi connectivity index (χ2v) is 4.87. The first-order chi connectivity index (χ1) is 9.88. The van der Waals surface area contributed by atoms with Gasteiger partial charge in [0.2, 0.25) is 0 Å². The number of rotatable bonds is 3. The SMILES string of the molecule is C/C(=N/OC(=O)c1cccc(C(F)(F)F)c1)c1nccs1. The average Bonchev–Trinajstić information content (AvgIpc) is 2.98. The van der Waals surface area contributed by atoms with Crippen molar-refractivity contribution >= 4 is 23.0 Å². The minimum Gasteiger partial charge on any atom is -0.312 e. The van der Waals surface area contributed by atoms with Gasteiger partial charge >= 0.3 is 12.1 Å². The predicted molar refractivity (Wildman–Crippen MR) is 71.2 cm³/mol. The second kappa shape index (κ2) is 6.04. The normalized spacial score (nSPS) is 12.3. The van der Waals surface area contributed by atoms with Crippen molar-refractivity contribution in [1.29, 1.82) is 0 Å². The van der Waals surface area contributed by atoms with E-state index >= 15 is 0 Å². The number of thiazole rings is 1. The molecule has 1 aromatic carbocycles. The van der Waals surface area contributed by atoms with E-state index in [0.29, 0.717) is 10.7 Å². The molecule has 0 aliphatic rings. The number of hydrogen-bond acceptors (Lipinski definition) is 5. The maximum absolute atomic E-state index is 12.5. The monoisotopic (exact) mass is 314 g/mol. The summed E-state index contributed by atoms with van der Waals surface area (Å²) < 4.78 is 37.6. The van der Waals surface area contributed by atoms with Gasteiger partial charge in [0.15, 0.2) is 0 Å². The molecule has 8 heteroatoms. The number of carbonyl (C=O) groups excluding carboxylic acids is 1. The summed E-state index contributed by atoms with van der Waals surface area (Å²) in [5.74, 6) is -0.961. The number of alkyl halides is 3. The highest BCUT2D eigenvalue weighted by molar-refractivity contribution is 7.11. The first-order valence-corrected chi connectivity index (χ1v) is 6.59. The highest BCUT2D eigenvalue weighted by Gasteiger charge is 2.31. The molecule has 0 amide bonds. The molecule has 0 unspecified atom stereocenters. The van der Waals surface area contributed by atoms with Gasteiger partial charge in [0.25, 0.3) is 0 Å². The number of hydrogen-bond donors (Lipinski definition) is 0. The van der Waals surface area contributed by atoms with Gasteiger partial charge in [0.05, 0.1) is 11.1 Å². The number of aromatic nitrogens is 1. The minimum absolute atomic E-state index is 0.222. The molecule has 0 saturated heterocycles. The molecule has 0 fully saturated rings. The standard InChI is InChI=1S/C13H9F3N2O2S/c1-8(11-17-5-6-21-11)18-20-12(19)9-3-2-4-10(7-9)13(14,15)16/h2-7H,1H3/b18-8-. The smallest absolute Gasteiger partial charge is 0.312 e. The fraction of sp³-hybridized carbons (Fsp3) is 0.154. The molecule has 4 nitrogen and oxygen atoms in total. The summed E-state index contributed by atoms with van der Waals surface area (Å²) in [6.07, 6.45) is -2.95. The van der Waals surface area contributed by atoms with Crippen molar-refractivity contribution in [2.24, 2.45) is 5.16 Å². The van der Waals surface area contributed by atoms with Crippen LogP contribution in [0.25, 0.3) is 0 Å². The van der Waals surface area contributed by atoms with E-state index in [9.17, 15) is 18.0 Å². The summed E-state index contributed by atoms with van der Waals surface area (Å²) in [4.78, 5) is 20.3. The van der Waals surface area contributed by atoms with Crippen molar-refractivity contribution in [3.05, 3.63) is 52.0 Å². The van der Waals surface area contributed by atoms with E-state index in [4.69, 9.17) is 0 Å². The lowest BCUT2D eigenvalue weighted by Crippen LogP contribution is -2.08. The van der Waals surface area contributed by atoms with Crippen molar-refractivity contribution in [3.63, 3.8) is 0 Å². The Labute approximate surface area is 121 Å². The van der Waals surface area contributed by atoms with Crippen LogP contribution in [0.15, 0.2) is 41.0 Å². The highest BCUT2D eigenvalue weighted by Crippen LogP contribution is 2.29. The minimum atomic E-state index is -4.52. The van der Waals surface area contributed by atoms with Gasteiger partial charge in [-0.1, -0.05) is 11.2 Å². The fourth-order valence-corrected chi connectivity index (χ4v) is 2.01. The molecule has 0 spiro atoms. The molecule has 1 heterocycles. The van der Waals surface area contributed by atoms with Crippen LogP contribution in [-0.2, 0) is 11.0 Å². The number of nitrogens with zero attached hydrogens (tertiary/aromatic N) is 2. The van der Waals surface area contributed by atoms with Crippen LogP contribution in [-0.4, -0.2) is 16.7 Å². The van der Waals surface area contributed by atoms with Crippen LogP contribution in [0.4, 0.5) is 13.2 Å². The molecule has 110 valence electrons. The molecule has 0 radical (unpaired) electrons. The highest BCUT2D eigenvalue weighted by atomic mass is 32.1. The number of benzene rings is 1. The van der Waals surface area contributed by atoms with Crippen molar-refractivity contribution in [2.75, 3.05) is 0 Å². The first kappa shape index (κ1) is 15.2. The summed E-state index contributed by atoms with van der Waals surface area (Å²) in [5, 5.41) is 5.86. The van der Waals surface area contributed by atoms with Gasteiger partial charge < -0.3 is 4.84 Å². The quantitative estimate of drug-likeness (QED) is 0.492. The maximum Gasteiger partial charge on any atom is 0.416 e. The van der Waals surface area contributed by atoms with Crippen LogP contribution in [0.3, 0.4) is 0 Å². The lowest BCUT2D eigenvalue weighted by Gasteiger charge is -2.07. The van der Waals surface area contributed by atoms with Gasteiger partial charge in [-0.15, -0.1) is 11.3 Å². The Morgan fingerprint density at radius 1 is 1.38 bits per heavy atom. The molecule has 0 N–H and O–H groups in total. The first-order valence-electron chi connectivity index (χ1n) is 5.71. The van der Waals surface area contributed by atoms with Crippen molar-refractivity contribution < 1.29 is 22.8 Å². The maximum atomic E-state index is 12.5. The predicted octanol–water partition coefficient (Wildman–Crippen LogP) is 3.74. The van der Waals surface area contributed by atoms with Crippen LogP contribution >= 0.6 is 11.3 Å². The van der Waals surface area contributed by atoms with Crippen LogP contribution in [0.2, 0.25) is 0 Å². The summed E-state index contributed by atoms with van der Waals surface area (Å²) in [7, 11) is 0. The Bertz CT molecular complexity index is 666. The molecule has 2 rings (SSSR count). The van der Waals surface area contributed by atoms with Crippen LogP contribution in [0, 0.1) is 0 Å². The third-order valence-corrected chi connectivity index (χ3v) is 3.31. The molecule has 0 bridgehead atoms. The molecule has 2 aromatic rings. The topological polar surface area (TPSA) is 51.5 Å². The summed E-state index contributed by atoms with van der Waals surface area (Å²) >= 11 is 1.30. The zero-order valence-corrected chi connectivity index (χ0v) is 11.5. The Morgan fingerprint density at radius 2 is 2.14 bits per heavy atom. The number of carbonyl (C=O) groups is 1. The van der Waals surface area contributed by atoms with Gasteiger partial charge in [-0.3, -0.25) is 0 Å². The fourth-order valence-electron chi connectivity index (χ4n) is 1.43. The van der Waals surface area contributed by atoms with Crippen LogP contribution in [0.1, 0.15) is 27.9 Å². The van der Waals surface area contributed by atoms with E-state index in [1.165, 1.54) is 17.4 Å². The zero-order chi connectivity index (χ0) is 15.5. The average molecular weight is 314 g/mol. The summed E-state index contributed by atoms with van der Waals surface area (Å²) in [6, 6.07) is 3.96. The Morgan fingerprint density at radius 3 is 2.76 bits per heavy atom. The number of halogens is 3. The van der Waals surface area contributed by atoms with E-state index in [1.807, 2.05) is 0 Å². The van der Waals surface area contributed by atoms with E-state index in [-0.39, 0.29) is 5.56 Å². The molecule has 1 aromatic heterocycles. The molecule has 0 aliphatic carbocycles. The van der Waals surface area contributed by atoms with E-state index < -0.39 is 17.7 Å². The van der Waals surface area contributed by atoms with Crippen molar-refractivity contribution in [2.45, 2.75) is 13.1 Å². The zero-order valence-electron chi connectivity index (χ0n) is 10.7. The Kier molecular flexibility index (Phi) is 4.37. The molecule has 0 atom stereocenters. The second-order valence-electron chi connectivity index (χ2n) is 3.97. The van der Waals surface area contributed by atoms with Crippen LogP contribution < -0.4 is 0 Å². The van der Waals surface area contributed by atoms with Gasteiger partial charge in [-0.2, -0.15) is 13.2 Å². The van der Waals surface area contributed by atoms with E-state index in [1.54, 1.807) is 18.5 Å². The van der Waals surface area contributed by atoms with Crippen LogP contribution in [0.5, 0.6) is 0 Å². The van der Waals surface area contributed by atoms with Gasteiger partial charge in [0, 0.05) is 11.6 Å². The van der Waals surface area contributed by atoms with Gasteiger partial charge in [-0.25, -0.2) is 9.78 Å². The lowest BCUT2D eigenvalue weighted by molar-refractivity contribution is -0.137. The van der Waals surface area contributed by atoms with E-state index in [0.717, 1.165) is 18.2 Å². The molecular weight excluding hydrogens is 305 g/mol. The van der Waals surface area contributed by atoms with Crippen molar-refractivity contribution in [3.8, 4) is 0 Å². The molecule has 0 aliphatic heterocycles.